The SMILES string of the molecule is CC(=O)c1cccc(NC(=O)c2ccc(-c3nnc(-c4cccc(C)c4)o3)cc2)c1. The van der Waals surface area contributed by atoms with Crippen LogP contribution in [-0.2, 0) is 0 Å². The summed E-state index contributed by atoms with van der Waals surface area (Å²) in [5.41, 5.74) is 4.27. The number of carbonyl (C=O) groups is 2. The topological polar surface area (TPSA) is 85.1 Å². The quantitative estimate of drug-likeness (QED) is 0.470. The van der Waals surface area contributed by atoms with Crippen LogP contribution in [0.15, 0.2) is 77.2 Å². The molecule has 0 atom stereocenters. The Morgan fingerprint density at radius 1 is 0.800 bits per heavy atom. The number of hydrogen-bond acceptors (Lipinski definition) is 5. The molecule has 0 aliphatic rings. The van der Waals surface area contributed by atoms with E-state index < -0.39 is 0 Å². The lowest BCUT2D eigenvalue weighted by Crippen LogP contribution is -2.12. The number of aromatic nitrogens is 2. The zero-order chi connectivity index (χ0) is 21.1. The van der Waals surface area contributed by atoms with Gasteiger partial charge in [0.15, 0.2) is 5.78 Å². The van der Waals surface area contributed by atoms with E-state index in [9.17, 15) is 9.59 Å². The predicted octanol–water partition coefficient (Wildman–Crippen LogP) is 5.17. The van der Waals surface area contributed by atoms with E-state index in [0.29, 0.717) is 28.6 Å². The highest BCUT2D eigenvalue weighted by Gasteiger charge is 2.12. The van der Waals surface area contributed by atoms with Crippen LogP contribution < -0.4 is 5.32 Å². The zero-order valence-electron chi connectivity index (χ0n) is 16.5. The van der Waals surface area contributed by atoms with E-state index >= 15 is 0 Å². The number of Topliss-reactive ketones (excluding diaryl/α,β-unsaturated/α-hetero) is 1. The Morgan fingerprint density at radius 2 is 1.50 bits per heavy atom. The molecule has 1 heterocycles. The molecule has 3 aromatic carbocycles. The number of amides is 1. The monoisotopic (exact) mass is 397 g/mol. The van der Waals surface area contributed by atoms with Gasteiger partial charge in [0, 0.05) is 27.9 Å². The lowest BCUT2D eigenvalue weighted by atomic mass is 10.1. The van der Waals surface area contributed by atoms with Crippen LogP contribution in [-0.4, -0.2) is 21.9 Å². The van der Waals surface area contributed by atoms with Crippen LogP contribution in [0.1, 0.15) is 33.2 Å². The number of anilines is 1. The van der Waals surface area contributed by atoms with Crippen LogP contribution in [0.2, 0.25) is 0 Å². The Bertz CT molecular complexity index is 1230. The van der Waals surface area contributed by atoms with Crippen LogP contribution in [0.25, 0.3) is 22.9 Å². The van der Waals surface area contributed by atoms with E-state index in [1.54, 1.807) is 48.5 Å². The maximum absolute atomic E-state index is 12.5. The molecule has 0 saturated heterocycles. The van der Waals surface area contributed by atoms with Gasteiger partial charge < -0.3 is 9.73 Å². The summed E-state index contributed by atoms with van der Waals surface area (Å²) in [5, 5.41) is 11.0. The molecule has 0 aliphatic carbocycles. The fourth-order valence-electron chi connectivity index (χ4n) is 3.02. The first kappa shape index (κ1) is 19.3. The second kappa shape index (κ2) is 8.13. The van der Waals surface area contributed by atoms with Crippen molar-refractivity contribution < 1.29 is 14.0 Å². The molecule has 0 fully saturated rings. The predicted molar refractivity (Wildman–Crippen MR) is 114 cm³/mol. The molecule has 6 heteroatoms. The molecule has 148 valence electrons. The largest absolute Gasteiger partial charge is 0.416 e. The molecule has 1 N–H and O–H groups in total. The summed E-state index contributed by atoms with van der Waals surface area (Å²) in [5.74, 6) is 0.502. The number of nitrogens with zero attached hydrogens (tertiary/aromatic N) is 2. The average Bonchev–Trinajstić information content (AvgIpc) is 3.24. The van der Waals surface area contributed by atoms with Crippen LogP contribution in [0.4, 0.5) is 5.69 Å². The maximum Gasteiger partial charge on any atom is 0.255 e. The third-order valence-electron chi connectivity index (χ3n) is 4.61. The average molecular weight is 397 g/mol. The standard InChI is InChI=1S/C24H19N3O3/c1-15-5-3-7-20(13-15)24-27-26-23(30-24)18-11-9-17(10-12-18)22(29)25-21-8-4-6-19(14-21)16(2)28/h3-14H,1-2H3,(H,25,29). The number of benzene rings is 3. The highest BCUT2D eigenvalue weighted by molar-refractivity contribution is 6.05. The lowest BCUT2D eigenvalue weighted by Gasteiger charge is -2.07. The molecule has 1 amide bonds. The van der Waals surface area contributed by atoms with Crippen molar-refractivity contribution in [3.63, 3.8) is 0 Å². The molecule has 0 saturated carbocycles. The van der Waals surface area contributed by atoms with Gasteiger partial charge in [0.05, 0.1) is 0 Å². The van der Waals surface area contributed by atoms with E-state index in [2.05, 4.69) is 15.5 Å². The smallest absolute Gasteiger partial charge is 0.255 e. The van der Waals surface area contributed by atoms with Gasteiger partial charge in [-0.3, -0.25) is 9.59 Å². The molecular weight excluding hydrogens is 378 g/mol. The fraction of sp³-hybridized carbons (Fsp3) is 0.0833. The molecule has 30 heavy (non-hydrogen) atoms. The van der Waals surface area contributed by atoms with Gasteiger partial charge in [0.25, 0.3) is 5.91 Å². The lowest BCUT2D eigenvalue weighted by molar-refractivity contribution is 0.101. The van der Waals surface area contributed by atoms with E-state index in [1.807, 2.05) is 31.2 Å². The molecule has 1 aromatic heterocycles. The van der Waals surface area contributed by atoms with Crippen LogP contribution >= 0.6 is 0 Å². The highest BCUT2D eigenvalue weighted by atomic mass is 16.4. The Kier molecular flexibility index (Phi) is 5.22. The molecule has 0 spiro atoms. The van der Waals surface area contributed by atoms with Gasteiger partial charge in [0.2, 0.25) is 11.8 Å². The van der Waals surface area contributed by atoms with Crippen molar-refractivity contribution in [2.75, 3.05) is 5.32 Å². The van der Waals surface area contributed by atoms with E-state index in [1.165, 1.54) is 6.92 Å². The van der Waals surface area contributed by atoms with Gasteiger partial charge in [0.1, 0.15) is 0 Å². The summed E-state index contributed by atoms with van der Waals surface area (Å²) in [7, 11) is 0. The summed E-state index contributed by atoms with van der Waals surface area (Å²) >= 11 is 0. The zero-order valence-corrected chi connectivity index (χ0v) is 16.5. The summed E-state index contributed by atoms with van der Waals surface area (Å²) in [6, 6.07) is 21.6. The normalized spacial score (nSPS) is 10.6. The van der Waals surface area contributed by atoms with Crippen molar-refractivity contribution in [1.29, 1.82) is 0 Å². The Morgan fingerprint density at radius 3 is 2.20 bits per heavy atom. The number of nitrogens with one attached hydrogen (secondary N) is 1. The minimum absolute atomic E-state index is 0.0555. The summed E-state index contributed by atoms with van der Waals surface area (Å²) < 4.78 is 5.79. The molecular formula is C24H19N3O3. The van der Waals surface area contributed by atoms with Crippen molar-refractivity contribution in [2.45, 2.75) is 13.8 Å². The number of rotatable bonds is 5. The van der Waals surface area contributed by atoms with Gasteiger partial charge >= 0.3 is 0 Å². The molecule has 6 nitrogen and oxygen atoms in total. The fourth-order valence-corrected chi connectivity index (χ4v) is 3.02. The second-order valence-corrected chi connectivity index (χ2v) is 6.95. The second-order valence-electron chi connectivity index (χ2n) is 6.95. The Labute approximate surface area is 173 Å². The number of carbonyl (C=O) groups excluding carboxylic acids is 2. The van der Waals surface area contributed by atoms with Crippen LogP contribution in [0.3, 0.4) is 0 Å². The number of ketones is 1. The Hall–Kier alpha value is -4.06. The van der Waals surface area contributed by atoms with Crippen molar-refractivity contribution in [1.82, 2.24) is 10.2 Å². The molecule has 4 aromatic rings. The summed E-state index contributed by atoms with van der Waals surface area (Å²) in [6.45, 7) is 3.49. The maximum atomic E-state index is 12.5. The molecule has 0 unspecified atom stereocenters. The van der Waals surface area contributed by atoms with Gasteiger partial charge in [-0.05, 0) is 62.4 Å². The van der Waals surface area contributed by atoms with E-state index in [4.69, 9.17) is 4.42 Å². The molecule has 4 rings (SSSR count). The van der Waals surface area contributed by atoms with Gasteiger partial charge in [-0.1, -0.05) is 29.8 Å². The van der Waals surface area contributed by atoms with Crippen molar-refractivity contribution in [3.05, 3.63) is 89.5 Å². The Balaban J connectivity index is 1.50. The summed E-state index contributed by atoms with van der Waals surface area (Å²) in [6.07, 6.45) is 0. The van der Waals surface area contributed by atoms with Crippen molar-refractivity contribution >= 4 is 17.4 Å². The van der Waals surface area contributed by atoms with Crippen LogP contribution in [0, 0.1) is 6.92 Å². The minimum atomic E-state index is -0.270. The highest BCUT2D eigenvalue weighted by Crippen LogP contribution is 2.25. The number of aryl methyl sites for hydroxylation is 1. The minimum Gasteiger partial charge on any atom is -0.416 e. The third-order valence-corrected chi connectivity index (χ3v) is 4.61. The molecule has 0 aliphatic heterocycles. The molecule has 0 bridgehead atoms. The van der Waals surface area contributed by atoms with E-state index in [0.717, 1.165) is 16.7 Å². The molecule has 0 radical (unpaired) electrons. The van der Waals surface area contributed by atoms with Crippen molar-refractivity contribution in [3.8, 4) is 22.9 Å². The first-order valence-electron chi connectivity index (χ1n) is 9.43. The van der Waals surface area contributed by atoms with Crippen LogP contribution in [0.5, 0.6) is 0 Å². The summed E-state index contributed by atoms with van der Waals surface area (Å²) in [4.78, 5) is 24.0. The van der Waals surface area contributed by atoms with Gasteiger partial charge in [-0.25, -0.2) is 0 Å². The number of hydrogen-bond donors (Lipinski definition) is 1. The van der Waals surface area contributed by atoms with Gasteiger partial charge in [-0.2, -0.15) is 0 Å². The first-order chi connectivity index (χ1) is 14.5. The first-order valence-corrected chi connectivity index (χ1v) is 9.43. The third kappa shape index (κ3) is 4.17. The van der Waals surface area contributed by atoms with Gasteiger partial charge in [-0.15, -0.1) is 10.2 Å². The van der Waals surface area contributed by atoms with Crippen molar-refractivity contribution in [2.24, 2.45) is 0 Å². The van der Waals surface area contributed by atoms with E-state index in [-0.39, 0.29) is 11.7 Å².